The number of piperazine rings is 1. The summed E-state index contributed by atoms with van der Waals surface area (Å²) in [6.07, 6.45) is -0.818. The summed E-state index contributed by atoms with van der Waals surface area (Å²) >= 11 is 0. The summed E-state index contributed by atoms with van der Waals surface area (Å²) in [6, 6.07) is 0. The van der Waals surface area contributed by atoms with Crippen LogP contribution in [-0.4, -0.2) is 59.3 Å². The molecule has 2 amide bonds. The first-order valence-corrected chi connectivity index (χ1v) is 5.33. The van der Waals surface area contributed by atoms with E-state index in [-0.39, 0.29) is 12.1 Å². The van der Waals surface area contributed by atoms with Crippen LogP contribution >= 0.6 is 0 Å². The molecule has 1 rings (SSSR count). The highest BCUT2D eigenvalue weighted by Crippen LogP contribution is 2.07. The van der Waals surface area contributed by atoms with Gasteiger partial charge in [0.2, 0.25) is 5.91 Å². The number of rotatable bonds is 3. The monoisotopic (exact) mass is 228 g/mol. The highest BCUT2D eigenvalue weighted by atomic mass is 16.4. The van der Waals surface area contributed by atoms with Gasteiger partial charge >= 0.3 is 6.09 Å². The van der Waals surface area contributed by atoms with Crippen molar-refractivity contribution < 1.29 is 14.7 Å². The molecule has 2 N–H and O–H groups in total. The van der Waals surface area contributed by atoms with Gasteiger partial charge in [-0.15, -0.1) is 0 Å². The molecule has 1 aliphatic rings. The standard InChI is InChI=1S/C10H18N3O3/c1-3-9(11-10(15)16)13-6-4-12(5-7-13)8(2)14/h9,11H,1,3-7H2,2H3,(H,15,16). The first kappa shape index (κ1) is 12.8. The van der Waals surface area contributed by atoms with Crippen molar-refractivity contribution in [3.63, 3.8) is 0 Å². The lowest BCUT2D eigenvalue weighted by Crippen LogP contribution is -2.56. The van der Waals surface area contributed by atoms with E-state index in [2.05, 4.69) is 12.2 Å². The van der Waals surface area contributed by atoms with Crippen LogP contribution in [-0.2, 0) is 4.79 Å². The molecule has 1 unspecified atom stereocenters. The zero-order chi connectivity index (χ0) is 12.1. The van der Waals surface area contributed by atoms with Crippen LogP contribution in [0.25, 0.3) is 0 Å². The average molecular weight is 228 g/mol. The molecular formula is C10H18N3O3. The van der Waals surface area contributed by atoms with Crippen LogP contribution in [0.4, 0.5) is 4.79 Å². The average Bonchev–Trinajstić information content (AvgIpc) is 2.25. The van der Waals surface area contributed by atoms with Gasteiger partial charge in [-0.1, -0.05) is 0 Å². The number of hydrogen-bond donors (Lipinski definition) is 2. The van der Waals surface area contributed by atoms with Gasteiger partial charge in [0.25, 0.3) is 0 Å². The predicted molar refractivity (Wildman–Crippen MR) is 58.7 cm³/mol. The Morgan fingerprint density at radius 1 is 1.38 bits per heavy atom. The quantitative estimate of drug-likeness (QED) is 0.711. The first-order valence-electron chi connectivity index (χ1n) is 5.33. The van der Waals surface area contributed by atoms with E-state index in [1.165, 1.54) is 0 Å². The van der Waals surface area contributed by atoms with E-state index in [1.54, 1.807) is 11.8 Å². The minimum Gasteiger partial charge on any atom is -0.465 e. The molecule has 0 aromatic heterocycles. The van der Waals surface area contributed by atoms with E-state index < -0.39 is 6.09 Å². The van der Waals surface area contributed by atoms with Gasteiger partial charge in [0.15, 0.2) is 0 Å². The molecule has 0 aromatic rings. The maximum Gasteiger partial charge on any atom is 0.405 e. The lowest BCUT2D eigenvalue weighted by atomic mass is 10.2. The molecule has 1 fully saturated rings. The second-order valence-electron chi connectivity index (χ2n) is 3.80. The third-order valence-corrected chi connectivity index (χ3v) is 2.76. The highest BCUT2D eigenvalue weighted by molar-refractivity contribution is 5.73. The smallest absolute Gasteiger partial charge is 0.405 e. The molecule has 1 saturated heterocycles. The number of hydrogen-bond acceptors (Lipinski definition) is 3. The number of carbonyl (C=O) groups excluding carboxylic acids is 1. The van der Waals surface area contributed by atoms with Crippen molar-refractivity contribution in [2.75, 3.05) is 26.2 Å². The van der Waals surface area contributed by atoms with Crippen LogP contribution in [0.3, 0.4) is 0 Å². The molecule has 6 nitrogen and oxygen atoms in total. The molecule has 6 heteroatoms. The van der Waals surface area contributed by atoms with E-state index in [1.807, 2.05) is 4.90 Å². The Kier molecular flexibility index (Phi) is 4.54. The predicted octanol–water partition coefficient (Wildman–Crippen LogP) is -0.0316. The van der Waals surface area contributed by atoms with Gasteiger partial charge in [0, 0.05) is 33.1 Å². The minimum atomic E-state index is -1.04. The van der Waals surface area contributed by atoms with E-state index in [0.29, 0.717) is 32.6 Å². The van der Waals surface area contributed by atoms with E-state index >= 15 is 0 Å². The van der Waals surface area contributed by atoms with E-state index in [4.69, 9.17) is 5.11 Å². The normalized spacial score (nSPS) is 19.2. The van der Waals surface area contributed by atoms with Crippen molar-refractivity contribution in [2.45, 2.75) is 19.5 Å². The molecule has 0 aliphatic carbocycles. The third kappa shape index (κ3) is 3.37. The largest absolute Gasteiger partial charge is 0.465 e. The second-order valence-corrected chi connectivity index (χ2v) is 3.80. The highest BCUT2D eigenvalue weighted by Gasteiger charge is 2.24. The Morgan fingerprint density at radius 3 is 2.31 bits per heavy atom. The molecule has 16 heavy (non-hydrogen) atoms. The second kappa shape index (κ2) is 5.69. The molecule has 0 saturated carbocycles. The van der Waals surface area contributed by atoms with Crippen molar-refractivity contribution in [1.29, 1.82) is 0 Å². The molecule has 0 aromatic carbocycles. The molecule has 91 valence electrons. The summed E-state index contributed by atoms with van der Waals surface area (Å²) < 4.78 is 0. The lowest BCUT2D eigenvalue weighted by molar-refractivity contribution is -0.131. The van der Waals surface area contributed by atoms with Gasteiger partial charge in [0.1, 0.15) is 0 Å². The van der Waals surface area contributed by atoms with E-state index in [0.717, 1.165) is 0 Å². The fraction of sp³-hybridized carbons (Fsp3) is 0.700. The summed E-state index contributed by atoms with van der Waals surface area (Å²) in [5.74, 6) is 0.0667. The summed E-state index contributed by atoms with van der Waals surface area (Å²) in [5.41, 5.74) is 0. The van der Waals surface area contributed by atoms with Gasteiger partial charge in [-0.25, -0.2) is 4.79 Å². The summed E-state index contributed by atoms with van der Waals surface area (Å²) in [6.45, 7) is 7.92. The summed E-state index contributed by atoms with van der Waals surface area (Å²) in [7, 11) is 0. The molecule has 1 atom stereocenters. The lowest BCUT2D eigenvalue weighted by Gasteiger charge is -2.38. The zero-order valence-electron chi connectivity index (χ0n) is 9.48. The summed E-state index contributed by atoms with van der Waals surface area (Å²) in [5, 5.41) is 11.1. The number of nitrogens with one attached hydrogen (secondary N) is 1. The van der Waals surface area contributed by atoms with Crippen molar-refractivity contribution in [3.8, 4) is 0 Å². The molecule has 1 radical (unpaired) electrons. The van der Waals surface area contributed by atoms with E-state index in [9.17, 15) is 9.59 Å². The molecule has 1 aliphatic heterocycles. The zero-order valence-corrected chi connectivity index (χ0v) is 9.48. The van der Waals surface area contributed by atoms with Crippen LogP contribution in [0.2, 0.25) is 0 Å². The van der Waals surface area contributed by atoms with Crippen LogP contribution in [0.5, 0.6) is 0 Å². The van der Waals surface area contributed by atoms with Gasteiger partial charge < -0.3 is 15.3 Å². The Balaban J connectivity index is 2.44. The number of carbonyl (C=O) groups is 2. The SMILES string of the molecule is [CH2]CC(NC(=O)O)N1CCN(C(C)=O)CC1. The first-order chi connectivity index (χ1) is 7.54. The van der Waals surface area contributed by atoms with Crippen LogP contribution in [0.15, 0.2) is 0 Å². The molecule has 0 spiro atoms. The minimum absolute atomic E-state index is 0.0667. The number of amides is 2. The molecular weight excluding hydrogens is 210 g/mol. The Bertz CT molecular complexity index is 262. The summed E-state index contributed by atoms with van der Waals surface area (Å²) in [4.78, 5) is 25.4. The van der Waals surface area contributed by atoms with Gasteiger partial charge in [-0.05, 0) is 13.3 Å². The Morgan fingerprint density at radius 2 is 1.94 bits per heavy atom. The van der Waals surface area contributed by atoms with Crippen LogP contribution < -0.4 is 5.32 Å². The molecule has 0 bridgehead atoms. The third-order valence-electron chi connectivity index (χ3n) is 2.76. The van der Waals surface area contributed by atoms with Crippen molar-refractivity contribution >= 4 is 12.0 Å². The van der Waals surface area contributed by atoms with Crippen LogP contribution in [0.1, 0.15) is 13.3 Å². The van der Waals surface area contributed by atoms with Crippen LogP contribution in [0, 0.1) is 6.92 Å². The van der Waals surface area contributed by atoms with Crippen molar-refractivity contribution in [3.05, 3.63) is 6.92 Å². The van der Waals surface area contributed by atoms with Gasteiger partial charge in [-0.2, -0.15) is 0 Å². The fourth-order valence-corrected chi connectivity index (χ4v) is 1.84. The fourth-order valence-electron chi connectivity index (χ4n) is 1.84. The topological polar surface area (TPSA) is 72.9 Å². The molecule has 1 heterocycles. The van der Waals surface area contributed by atoms with Gasteiger partial charge in [0.05, 0.1) is 6.17 Å². The number of nitrogens with zero attached hydrogens (tertiary/aromatic N) is 2. The van der Waals surface area contributed by atoms with Crippen molar-refractivity contribution in [1.82, 2.24) is 15.1 Å². The van der Waals surface area contributed by atoms with Gasteiger partial charge in [-0.3, -0.25) is 9.69 Å². The van der Waals surface area contributed by atoms with Crippen molar-refractivity contribution in [2.24, 2.45) is 0 Å². The Hall–Kier alpha value is -1.30. The number of carboxylic acid groups (broad SMARTS) is 1. The Labute approximate surface area is 95.2 Å². The maximum atomic E-state index is 11.1. The maximum absolute atomic E-state index is 11.1.